The minimum absolute atomic E-state index is 0.433. The molecule has 14 heavy (non-hydrogen) atoms. The van der Waals surface area contributed by atoms with Crippen LogP contribution in [0.25, 0.3) is 0 Å². The zero-order valence-electron chi connectivity index (χ0n) is 7.79. The Hall–Kier alpha value is -1.12. The maximum Gasteiger partial charge on any atom is 0.234 e. The second-order valence-corrected chi connectivity index (χ2v) is 3.50. The van der Waals surface area contributed by atoms with Crippen molar-refractivity contribution >= 4 is 22.0 Å². The van der Waals surface area contributed by atoms with Gasteiger partial charge in [0.25, 0.3) is 0 Å². The van der Waals surface area contributed by atoms with Gasteiger partial charge >= 0.3 is 0 Å². The molecule has 74 valence electrons. The molecule has 1 aromatic rings. The second kappa shape index (κ2) is 5.58. The first-order chi connectivity index (χ1) is 6.79. The number of halogens is 1. The van der Waals surface area contributed by atoms with Crippen LogP contribution in [0.2, 0.25) is 0 Å². The highest BCUT2D eigenvalue weighted by Gasteiger charge is 2.05. The molecule has 1 aromatic carbocycles. The highest BCUT2D eigenvalue weighted by atomic mass is 79.9. The van der Waals surface area contributed by atoms with Gasteiger partial charge in [0, 0.05) is 10.0 Å². The average Bonchev–Trinajstić information content (AvgIpc) is 2.20. The van der Waals surface area contributed by atoms with E-state index < -0.39 is 0 Å². The summed E-state index contributed by atoms with van der Waals surface area (Å²) in [5, 5.41) is 0. The van der Waals surface area contributed by atoms with Gasteiger partial charge in [0.1, 0.15) is 5.75 Å². The lowest BCUT2D eigenvalue weighted by atomic mass is 10.1. The zero-order valence-corrected chi connectivity index (χ0v) is 9.37. The molecule has 0 fully saturated rings. The molecule has 0 amide bonds. The summed E-state index contributed by atoms with van der Waals surface area (Å²) in [6.07, 6.45) is 2.18. The van der Waals surface area contributed by atoms with Crippen LogP contribution in [-0.2, 0) is 11.2 Å². The number of rotatable bonds is 4. The summed E-state index contributed by atoms with van der Waals surface area (Å²) in [6.45, 7) is 0.433. The van der Waals surface area contributed by atoms with E-state index in [4.69, 9.17) is 4.74 Å². The molecule has 3 nitrogen and oxygen atoms in total. The Morgan fingerprint density at radius 1 is 1.57 bits per heavy atom. The summed E-state index contributed by atoms with van der Waals surface area (Å²) >= 11 is 3.42. The quantitative estimate of drug-likeness (QED) is 0.612. The van der Waals surface area contributed by atoms with E-state index in [9.17, 15) is 4.79 Å². The largest absolute Gasteiger partial charge is 0.496 e. The fourth-order valence-corrected chi connectivity index (χ4v) is 1.73. The molecule has 0 atom stereocenters. The summed E-state index contributed by atoms with van der Waals surface area (Å²) in [4.78, 5) is 13.4. The highest BCUT2D eigenvalue weighted by molar-refractivity contribution is 9.10. The predicted molar refractivity (Wildman–Crippen MR) is 57.4 cm³/mol. The monoisotopic (exact) mass is 255 g/mol. The van der Waals surface area contributed by atoms with Gasteiger partial charge in [-0.05, 0) is 18.6 Å². The van der Waals surface area contributed by atoms with Gasteiger partial charge in [0.2, 0.25) is 6.08 Å². The van der Waals surface area contributed by atoms with Gasteiger partial charge in [-0.2, -0.15) is 0 Å². The molecule has 0 unspecified atom stereocenters. The van der Waals surface area contributed by atoms with Crippen LogP contribution < -0.4 is 4.74 Å². The number of hydrogen-bond acceptors (Lipinski definition) is 3. The Bertz CT molecular complexity index is 359. The van der Waals surface area contributed by atoms with E-state index in [1.807, 2.05) is 18.2 Å². The van der Waals surface area contributed by atoms with Crippen molar-refractivity contribution < 1.29 is 9.53 Å². The smallest absolute Gasteiger partial charge is 0.234 e. The van der Waals surface area contributed by atoms with Crippen LogP contribution >= 0.6 is 15.9 Å². The molecule has 0 saturated heterocycles. The van der Waals surface area contributed by atoms with Gasteiger partial charge in [0.05, 0.1) is 13.7 Å². The van der Waals surface area contributed by atoms with Crippen molar-refractivity contribution in [2.45, 2.75) is 6.42 Å². The topological polar surface area (TPSA) is 38.7 Å². The predicted octanol–water partition coefficient (Wildman–Crippen LogP) is 2.34. The first-order valence-electron chi connectivity index (χ1n) is 4.14. The Balaban J connectivity index is 2.87. The van der Waals surface area contributed by atoms with Gasteiger partial charge in [0.15, 0.2) is 0 Å². The number of ether oxygens (including phenoxy) is 1. The summed E-state index contributed by atoms with van der Waals surface area (Å²) in [5.74, 6) is 0.806. The second-order valence-electron chi connectivity index (χ2n) is 2.64. The minimum atomic E-state index is 0.433. The molecule has 0 aliphatic rings. The lowest BCUT2D eigenvalue weighted by Crippen LogP contribution is -1.95. The first kappa shape index (κ1) is 11.0. The molecule has 0 aliphatic carbocycles. The Morgan fingerprint density at radius 3 is 3.00 bits per heavy atom. The van der Waals surface area contributed by atoms with E-state index in [2.05, 4.69) is 20.9 Å². The molecule has 0 heterocycles. The van der Waals surface area contributed by atoms with Crippen LogP contribution in [0, 0.1) is 0 Å². The average molecular weight is 256 g/mol. The van der Waals surface area contributed by atoms with E-state index in [1.54, 1.807) is 7.11 Å². The molecule has 0 bridgehead atoms. The summed E-state index contributed by atoms with van der Waals surface area (Å²) < 4.78 is 6.16. The lowest BCUT2D eigenvalue weighted by molar-refractivity contribution is 0.409. The van der Waals surface area contributed by atoms with Crippen LogP contribution in [0.4, 0.5) is 0 Å². The van der Waals surface area contributed by atoms with Crippen LogP contribution in [0.1, 0.15) is 5.56 Å². The van der Waals surface area contributed by atoms with Crippen molar-refractivity contribution in [2.75, 3.05) is 13.7 Å². The van der Waals surface area contributed by atoms with Gasteiger partial charge in [-0.15, -0.1) is 0 Å². The van der Waals surface area contributed by atoms with E-state index >= 15 is 0 Å². The molecule has 0 spiro atoms. The normalized spacial score (nSPS) is 9.29. The molecule has 0 saturated carbocycles. The van der Waals surface area contributed by atoms with E-state index in [1.165, 1.54) is 6.08 Å². The molecule has 1 rings (SSSR count). The molecule has 0 N–H and O–H groups in total. The Labute approximate surface area is 90.9 Å². The molecule has 0 aromatic heterocycles. The van der Waals surface area contributed by atoms with E-state index in [-0.39, 0.29) is 0 Å². The third-order valence-corrected chi connectivity index (χ3v) is 2.58. The molecular formula is C10H10BrNO2. The van der Waals surface area contributed by atoms with Gasteiger partial charge < -0.3 is 4.74 Å². The molecule has 0 aliphatic heterocycles. The number of benzene rings is 1. The van der Waals surface area contributed by atoms with E-state index in [0.29, 0.717) is 13.0 Å². The number of isocyanates is 1. The third-order valence-electron chi connectivity index (χ3n) is 1.83. The van der Waals surface area contributed by atoms with E-state index in [0.717, 1.165) is 15.8 Å². The third kappa shape index (κ3) is 2.69. The highest BCUT2D eigenvalue weighted by Crippen LogP contribution is 2.26. The summed E-state index contributed by atoms with van der Waals surface area (Å²) in [6, 6.07) is 5.71. The number of nitrogens with zero attached hydrogens (tertiary/aromatic N) is 1. The Morgan fingerprint density at radius 2 is 2.36 bits per heavy atom. The van der Waals surface area contributed by atoms with Crippen LogP contribution in [-0.4, -0.2) is 19.7 Å². The first-order valence-corrected chi connectivity index (χ1v) is 4.94. The van der Waals surface area contributed by atoms with Crippen molar-refractivity contribution in [1.29, 1.82) is 0 Å². The van der Waals surface area contributed by atoms with Crippen LogP contribution in [0.5, 0.6) is 5.75 Å². The van der Waals surface area contributed by atoms with Gasteiger partial charge in [-0.1, -0.05) is 22.0 Å². The lowest BCUT2D eigenvalue weighted by Gasteiger charge is -2.08. The minimum Gasteiger partial charge on any atom is -0.496 e. The number of hydrogen-bond donors (Lipinski definition) is 0. The van der Waals surface area contributed by atoms with Crippen molar-refractivity contribution in [3.05, 3.63) is 28.2 Å². The Kier molecular flexibility index (Phi) is 4.36. The SMILES string of the molecule is COc1cccc(Br)c1CCN=C=O. The number of aliphatic imine (C=N–C) groups is 1. The molecule has 0 radical (unpaired) electrons. The fraction of sp³-hybridized carbons (Fsp3) is 0.300. The number of methoxy groups -OCH3 is 1. The standard InChI is InChI=1S/C10H10BrNO2/c1-14-10-4-2-3-9(11)8(10)5-6-12-7-13/h2-4H,5-6H2,1H3. The fourth-order valence-electron chi connectivity index (χ4n) is 1.19. The van der Waals surface area contributed by atoms with Crippen molar-refractivity contribution in [1.82, 2.24) is 0 Å². The van der Waals surface area contributed by atoms with Crippen molar-refractivity contribution in [3.63, 3.8) is 0 Å². The summed E-state index contributed by atoms with van der Waals surface area (Å²) in [7, 11) is 1.62. The summed E-state index contributed by atoms with van der Waals surface area (Å²) in [5.41, 5.74) is 1.02. The van der Waals surface area contributed by atoms with Gasteiger partial charge in [-0.3, -0.25) is 0 Å². The van der Waals surface area contributed by atoms with Crippen LogP contribution in [0.3, 0.4) is 0 Å². The molecular weight excluding hydrogens is 246 g/mol. The van der Waals surface area contributed by atoms with Crippen LogP contribution in [0.15, 0.2) is 27.7 Å². The number of carbonyl (C=O) groups excluding carboxylic acids is 1. The van der Waals surface area contributed by atoms with Gasteiger partial charge in [-0.25, -0.2) is 9.79 Å². The van der Waals surface area contributed by atoms with Crippen molar-refractivity contribution in [2.24, 2.45) is 4.99 Å². The van der Waals surface area contributed by atoms with Crippen molar-refractivity contribution in [3.8, 4) is 5.75 Å². The molecule has 4 heteroatoms. The zero-order chi connectivity index (χ0) is 10.4. The maximum atomic E-state index is 9.90. The maximum absolute atomic E-state index is 9.90.